The Bertz CT molecular complexity index is 1480. The number of aromatic nitrogens is 1. The number of likely N-dealkylation sites (N-methyl/N-ethyl adjacent to an activating group) is 1. The summed E-state index contributed by atoms with van der Waals surface area (Å²) in [5, 5.41) is 14.8. The van der Waals surface area contributed by atoms with Crippen molar-refractivity contribution in [1.82, 2.24) is 36.2 Å². The first-order chi connectivity index (χ1) is 21.6. The van der Waals surface area contributed by atoms with Gasteiger partial charge in [-0.25, -0.2) is 0 Å². The average Bonchev–Trinajstić information content (AvgIpc) is 3.49. The zero-order valence-electron chi connectivity index (χ0n) is 25.6. The molecule has 13 nitrogen and oxygen atoms in total. The maximum Gasteiger partial charge on any atom is 0.274 e. The van der Waals surface area contributed by atoms with Crippen LogP contribution in [0.4, 0.5) is 0 Å². The summed E-state index contributed by atoms with van der Waals surface area (Å²) in [6, 6.07) is 16.7. The van der Waals surface area contributed by atoms with Crippen molar-refractivity contribution in [2.75, 3.05) is 33.7 Å². The van der Waals surface area contributed by atoms with Gasteiger partial charge < -0.3 is 35.6 Å². The molecule has 2 aromatic carbocycles. The third kappa shape index (κ3) is 9.73. The first kappa shape index (κ1) is 32.9. The molecule has 0 spiro atoms. The third-order valence-corrected chi connectivity index (χ3v) is 7.20. The number of rotatable bonds is 6. The van der Waals surface area contributed by atoms with E-state index >= 15 is 0 Å². The van der Waals surface area contributed by atoms with Crippen molar-refractivity contribution in [3.63, 3.8) is 0 Å². The van der Waals surface area contributed by atoms with E-state index in [0.717, 1.165) is 11.1 Å². The summed E-state index contributed by atoms with van der Waals surface area (Å²) in [5.41, 5.74) is 1.55. The van der Waals surface area contributed by atoms with Crippen LogP contribution in [0.5, 0.6) is 0 Å². The normalized spacial score (nSPS) is 20.4. The molecular formula is C32H39N7O6. The Labute approximate surface area is 261 Å². The van der Waals surface area contributed by atoms with E-state index < -0.39 is 41.8 Å². The summed E-state index contributed by atoms with van der Waals surface area (Å²) < 4.78 is 5.34. The van der Waals surface area contributed by atoms with Gasteiger partial charge in [0.2, 0.25) is 23.6 Å². The number of nitrogens with zero attached hydrogens (tertiary/aromatic N) is 3. The maximum atomic E-state index is 13.7. The summed E-state index contributed by atoms with van der Waals surface area (Å²) in [7, 11) is 3.52. The van der Waals surface area contributed by atoms with Crippen LogP contribution in [0.2, 0.25) is 0 Å². The molecule has 3 atom stereocenters. The number of benzene rings is 2. The van der Waals surface area contributed by atoms with Crippen molar-refractivity contribution < 1.29 is 28.5 Å². The molecule has 3 aromatic rings. The largest absolute Gasteiger partial charge is 0.359 e. The van der Waals surface area contributed by atoms with Crippen molar-refractivity contribution in [3.05, 3.63) is 89.3 Å². The quantitative estimate of drug-likeness (QED) is 0.306. The lowest BCUT2D eigenvalue weighted by atomic mass is 10.0. The van der Waals surface area contributed by atoms with E-state index in [-0.39, 0.29) is 56.4 Å². The molecule has 13 heteroatoms. The highest BCUT2D eigenvalue weighted by Crippen LogP contribution is 2.11. The SMILES string of the molecule is C[C@@H]1NC(=O)c2cc(on2)CN(C(=O)CN(C)C)CCNC(=O)[C@@H](Cc2ccccc2)NC(=O)[C@H](Cc2ccccc2)NC1=O. The molecule has 2 heterocycles. The van der Waals surface area contributed by atoms with E-state index in [1.54, 1.807) is 19.0 Å². The highest BCUT2D eigenvalue weighted by molar-refractivity contribution is 5.97. The molecule has 45 heavy (non-hydrogen) atoms. The van der Waals surface area contributed by atoms with Gasteiger partial charge in [-0.3, -0.25) is 24.0 Å². The first-order valence-corrected chi connectivity index (χ1v) is 14.7. The highest BCUT2D eigenvalue weighted by Gasteiger charge is 2.30. The fraction of sp³-hybridized carbons (Fsp3) is 0.375. The van der Waals surface area contributed by atoms with Crippen LogP contribution in [-0.4, -0.2) is 96.3 Å². The van der Waals surface area contributed by atoms with Gasteiger partial charge in [-0.2, -0.15) is 0 Å². The minimum absolute atomic E-state index is 0.00418. The standard InChI is InChI=1S/C32H39N7O6/c1-21-29(41)35-26(17-23-12-8-5-9-13-23)31(43)36-25(16-22-10-6-4-7-11-22)30(42)33-14-15-39(28(40)20-38(2)3)19-24-18-27(37-45-24)32(44)34-21/h4-13,18,21,25-26H,14-17,19-20H2,1-3H3,(H,33,42)(H,34,44)(H,35,41)(H,36,43)/t21-,25+,26-/m0/s1. The summed E-state index contributed by atoms with van der Waals surface area (Å²) in [6.07, 6.45) is 0.343. The first-order valence-electron chi connectivity index (χ1n) is 14.7. The van der Waals surface area contributed by atoms with Gasteiger partial charge in [-0.15, -0.1) is 0 Å². The van der Waals surface area contributed by atoms with Crippen molar-refractivity contribution in [2.24, 2.45) is 0 Å². The molecular weight excluding hydrogens is 578 g/mol. The third-order valence-electron chi connectivity index (χ3n) is 7.20. The van der Waals surface area contributed by atoms with E-state index in [2.05, 4.69) is 26.4 Å². The maximum absolute atomic E-state index is 13.7. The molecule has 4 N–H and O–H groups in total. The zero-order chi connectivity index (χ0) is 32.3. The predicted octanol–water partition coefficient (Wildman–Crippen LogP) is 0.268. The van der Waals surface area contributed by atoms with Crippen LogP contribution in [0.15, 0.2) is 71.3 Å². The molecule has 0 saturated heterocycles. The van der Waals surface area contributed by atoms with Crippen molar-refractivity contribution in [1.29, 1.82) is 0 Å². The summed E-state index contributed by atoms with van der Waals surface area (Å²) >= 11 is 0. The molecule has 4 rings (SSSR count). The highest BCUT2D eigenvalue weighted by atomic mass is 16.5. The van der Waals surface area contributed by atoms with Crippen LogP contribution < -0.4 is 21.3 Å². The van der Waals surface area contributed by atoms with E-state index in [1.165, 1.54) is 17.9 Å². The molecule has 1 aliphatic heterocycles. The Morgan fingerprint density at radius 2 is 1.44 bits per heavy atom. The second kappa shape index (κ2) is 15.6. The summed E-state index contributed by atoms with van der Waals surface area (Å²) in [6.45, 7) is 1.82. The van der Waals surface area contributed by atoms with Crippen molar-refractivity contribution in [2.45, 2.75) is 44.4 Å². The van der Waals surface area contributed by atoms with Gasteiger partial charge in [0.1, 0.15) is 18.1 Å². The van der Waals surface area contributed by atoms with Crippen LogP contribution in [-0.2, 0) is 38.6 Å². The molecule has 0 aliphatic carbocycles. The zero-order valence-corrected chi connectivity index (χ0v) is 25.6. The number of amides is 5. The van der Waals surface area contributed by atoms with E-state index in [4.69, 9.17) is 4.52 Å². The molecule has 0 radical (unpaired) electrons. The molecule has 1 aromatic heterocycles. The molecule has 0 fully saturated rings. The fourth-order valence-electron chi connectivity index (χ4n) is 4.81. The second-order valence-electron chi connectivity index (χ2n) is 11.2. The molecule has 5 amide bonds. The Hall–Kier alpha value is -5.04. The van der Waals surface area contributed by atoms with Gasteiger partial charge in [-0.1, -0.05) is 65.8 Å². The van der Waals surface area contributed by atoms with Crippen molar-refractivity contribution in [3.8, 4) is 0 Å². The van der Waals surface area contributed by atoms with Crippen molar-refractivity contribution >= 4 is 29.5 Å². The lowest BCUT2D eigenvalue weighted by Crippen LogP contribution is -2.57. The number of nitrogens with one attached hydrogen (secondary N) is 4. The van der Waals surface area contributed by atoms with Crippen LogP contribution >= 0.6 is 0 Å². The fourth-order valence-corrected chi connectivity index (χ4v) is 4.81. The van der Waals surface area contributed by atoms with Crippen LogP contribution in [0, 0.1) is 0 Å². The van der Waals surface area contributed by atoms with E-state index in [9.17, 15) is 24.0 Å². The lowest BCUT2D eigenvalue weighted by molar-refractivity contribution is -0.134. The van der Waals surface area contributed by atoms with Crippen LogP contribution in [0.25, 0.3) is 0 Å². The second-order valence-corrected chi connectivity index (χ2v) is 11.2. The van der Waals surface area contributed by atoms with Crippen LogP contribution in [0.3, 0.4) is 0 Å². The van der Waals surface area contributed by atoms with Gasteiger partial charge in [-0.05, 0) is 32.1 Å². The Morgan fingerprint density at radius 1 is 0.867 bits per heavy atom. The predicted molar refractivity (Wildman–Crippen MR) is 165 cm³/mol. The Morgan fingerprint density at radius 3 is 2.04 bits per heavy atom. The topological polar surface area (TPSA) is 166 Å². The van der Waals surface area contributed by atoms with E-state index in [1.807, 2.05) is 60.7 Å². The van der Waals surface area contributed by atoms with Gasteiger partial charge in [0, 0.05) is 32.0 Å². The monoisotopic (exact) mass is 617 g/mol. The molecule has 1 aliphatic rings. The number of fused-ring (bicyclic) bond motifs is 2. The minimum Gasteiger partial charge on any atom is -0.359 e. The number of carbonyl (C=O) groups is 5. The van der Waals surface area contributed by atoms with Gasteiger partial charge >= 0.3 is 0 Å². The Balaban J connectivity index is 1.64. The van der Waals surface area contributed by atoms with E-state index in [0.29, 0.717) is 0 Å². The van der Waals surface area contributed by atoms with Gasteiger partial charge in [0.05, 0.1) is 13.1 Å². The minimum atomic E-state index is -1.05. The molecule has 0 unspecified atom stereocenters. The van der Waals surface area contributed by atoms with Gasteiger partial charge in [0.15, 0.2) is 11.5 Å². The number of carbonyl (C=O) groups excluding carboxylic acids is 5. The average molecular weight is 618 g/mol. The molecule has 0 saturated carbocycles. The summed E-state index contributed by atoms with van der Waals surface area (Å²) in [4.78, 5) is 69.6. The Kier molecular flexibility index (Phi) is 11.4. The lowest BCUT2D eigenvalue weighted by Gasteiger charge is -2.26. The molecule has 2 bridgehead atoms. The summed E-state index contributed by atoms with van der Waals surface area (Å²) in [5.74, 6) is -2.23. The van der Waals surface area contributed by atoms with Gasteiger partial charge in [0.25, 0.3) is 5.91 Å². The number of hydrogen-bond acceptors (Lipinski definition) is 8. The smallest absolute Gasteiger partial charge is 0.274 e. The van der Waals surface area contributed by atoms with Crippen LogP contribution in [0.1, 0.15) is 34.3 Å². The molecule has 238 valence electrons. The number of hydrogen-bond donors (Lipinski definition) is 4.